The molecule has 1 fully saturated rings. The van der Waals surface area contributed by atoms with Gasteiger partial charge in [-0.3, -0.25) is 5.43 Å². The van der Waals surface area contributed by atoms with Gasteiger partial charge in [-0.25, -0.2) is 0 Å². The van der Waals surface area contributed by atoms with Crippen LogP contribution in [0.5, 0.6) is 0 Å². The average molecular weight is 300 g/mol. The molecule has 4 nitrogen and oxygen atoms in total. The van der Waals surface area contributed by atoms with Gasteiger partial charge in [0.25, 0.3) is 0 Å². The van der Waals surface area contributed by atoms with Gasteiger partial charge in [0.15, 0.2) is 5.11 Å². The minimum Gasteiger partial charge on any atom is -0.359 e. The highest BCUT2D eigenvalue weighted by Gasteiger charge is 2.13. The summed E-state index contributed by atoms with van der Waals surface area (Å²) in [6.45, 7) is 1.91. The van der Waals surface area contributed by atoms with Gasteiger partial charge in [0.05, 0.1) is 17.3 Å². The SMILES string of the molecule is CC(=NNC(=S)NC1CCCCC1)c1ccc(C#N)cc1. The Hall–Kier alpha value is -1.93. The van der Waals surface area contributed by atoms with Crippen molar-refractivity contribution in [3.63, 3.8) is 0 Å². The second-order valence-corrected chi connectivity index (χ2v) is 5.71. The lowest BCUT2D eigenvalue weighted by molar-refractivity contribution is 0.412. The van der Waals surface area contributed by atoms with Crippen molar-refractivity contribution in [3.8, 4) is 6.07 Å². The maximum atomic E-state index is 8.78. The summed E-state index contributed by atoms with van der Waals surface area (Å²) in [4.78, 5) is 0. The van der Waals surface area contributed by atoms with Crippen LogP contribution in [0.1, 0.15) is 50.2 Å². The van der Waals surface area contributed by atoms with Gasteiger partial charge in [-0.1, -0.05) is 31.4 Å². The first-order valence-corrected chi connectivity index (χ1v) is 7.71. The minimum absolute atomic E-state index is 0.476. The molecular weight excluding hydrogens is 280 g/mol. The number of thiocarbonyl (C=S) groups is 1. The van der Waals surface area contributed by atoms with Crippen LogP contribution in [0.15, 0.2) is 29.4 Å². The van der Waals surface area contributed by atoms with Crippen molar-refractivity contribution in [1.29, 1.82) is 5.26 Å². The molecule has 1 aromatic carbocycles. The molecular formula is C16H20N4S. The van der Waals surface area contributed by atoms with Gasteiger partial charge in [-0.05, 0) is 49.7 Å². The van der Waals surface area contributed by atoms with E-state index in [0.29, 0.717) is 16.7 Å². The number of rotatable bonds is 3. The average Bonchev–Trinajstić information content (AvgIpc) is 2.53. The summed E-state index contributed by atoms with van der Waals surface area (Å²) in [5.41, 5.74) is 5.36. The normalized spacial score (nSPS) is 16.1. The molecule has 0 aromatic heterocycles. The molecule has 1 aliphatic rings. The molecule has 2 rings (SSSR count). The summed E-state index contributed by atoms with van der Waals surface area (Å²) < 4.78 is 0. The maximum absolute atomic E-state index is 8.78. The molecule has 0 unspecified atom stereocenters. The quantitative estimate of drug-likeness (QED) is 0.511. The maximum Gasteiger partial charge on any atom is 0.187 e. The first-order chi connectivity index (χ1) is 10.2. The zero-order valence-electron chi connectivity index (χ0n) is 12.2. The molecule has 0 aliphatic heterocycles. The molecule has 0 amide bonds. The Balaban J connectivity index is 1.86. The molecule has 1 aromatic rings. The predicted octanol–water partition coefficient (Wildman–Crippen LogP) is 3.08. The van der Waals surface area contributed by atoms with E-state index in [1.807, 2.05) is 19.1 Å². The Labute approximate surface area is 131 Å². The molecule has 0 bridgehead atoms. The molecule has 0 atom stereocenters. The third-order valence-electron chi connectivity index (χ3n) is 3.70. The van der Waals surface area contributed by atoms with Gasteiger partial charge >= 0.3 is 0 Å². The number of hydrazone groups is 1. The molecule has 0 spiro atoms. The highest BCUT2D eigenvalue weighted by atomic mass is 32.1. The van der Waals surface area contributed by atoms with Crippen molar-refractivity contribution in [2.45, 2.75) is 45.1 Å². The van der Waals surface area contributed by atoms with Gasteiger partial charge < -0.3 is 5.32 Å². The lowest BCUT2D eigenvalue weighted by Crippen LogP contribution is -2.41. The topological polar surface area (TPSA) is 60.2 Å². The van der Waals surface area contributed by atoms with Crippen molar-refractivity contribution in [2.24, 2.45) is 5.10 Å². The number of nitriles is 1. The lowest BCUT2D eigenvalue weighted by Gasteiger charge is -2.23. The smallest absolute Gasteiger partial charge is 0.187 e. The Morgan fingerprint density at radius 3 is 2.52 bits per heavy atom. The van der Waals surface area contributed by atoms with Crippen LogP contribution >= 0.6 is 12.2 Å². The summed E-state index contributed by atoms with van der Waals surface area (Å²) in [6, 6.07) is 9.92. The number of nitrogens with one attached hydrogen (secondary N) is 2. The number of benzene rings is 1. The Bertz CT molecular complexity index is 551. The van der Waals surface area contributed by atoms with E-state index >= 15 is 0 Å². The summed E-state index contributed by atoms with van der Waals surface area (Å²) in [5, 5.41) is 17.0. The van der Waals surface area contributed by atoms with Crippen molar-refractivity contribution >= 4 is 23.0 Å². The Morgan fingerprint density at radius 2 is 1.90 bits per heavy atom. The van der Waals surface area contributed by atoms with Crippen LogP contribution < -0.4 is 10.7 Å². The van der Waals surface area contributed by atoms with Crippen LogP contribution in [0.25, 0.3) is 0 Å². The molecule has 1 saturated carbocycles. The second-order valence-electron chi connectivity index (χ2n) is 5.31. The van der Waals surface area contributed by atoms with Crippen LogP contribution in [0, 0.1) is 11.3 Å². The minimum atomic E-state index is 0.476. The third-order valence-corrected chi connectivity index (χ3v) is 3.91. The zero-order chi connectivity index (χ0) is 15.1. The zero-order valence-corrected chi connectivity index (χ0v) is 13.0. The molecule has 0 saturated heterocycles. The largest absolute Gasteiger partial charge is 0.359 e. The van der Waals surface area contributed by atoms with Crippen molar-refractivity contribution in [3.05, 3.63) is 35.4 Å². The van der Waals surface area contributed by atoms with Gasteiger partial charge in [0, 0.05) is 6.04 Å². The second kappa shape index (κ2) is 7.75. The number of hydrogen-bond acceptors (Lipinski definition) is 3. The van der Waals surface area contributed by atoms with Gasteiger partial charge in [0.2, 0.25) is 0 Å². The summed E-state index contributed by atoms with van der Waals surface area (Å²) in [7, 11) is 0. The standard InChI is InChI=1S/C16H20N4S/c1-12(14-9-7-13(11-17)8-10-14)19-20-16(21)18-15-5-3-2-4-6-15/h7-10,15H,2-6H2,1H3,(H2,18,20,21). The highest BCUT2D eigenvalue weighted by molar-refractivity contribution is 7.80. The monoisotopic (exact) mass is 300 g/mol. The van der Waals surface area contributed by atoms with E-state index in [-0.39, 0.29) is 0 Å². The van der Waals surface area contributed by atoms with Crippen LogP contribution in [0.4, 0.5) is 0 Å². The van der Waals surface area contributed by atoms with Gasteiger partial charge in [-0.15, -0.1) is 0 Å². The van der Waals surface area contributed by atoms with E-state index in [4.69, 9.17) is 17.5 Å². The van der Waals surface area contributed by atoms with E-state index < -0.39 is 0 Å². The molecule has 2 N–H and O–H groups in total. The highest BCUT2D eigenvalue weighted by Crippen LogP contribution is 2.17. The fourth-order valence-corrected chi connectivity index (χ4v) is 2.66. The molecule has 5 heteroatoms. The summed E-state index contributed by atoms with van der Waals surface area (Å²) in [5.74, 6) is 0. The predicted molar refractivity (Wildman–Crippen MR) is 89.1 cm³/mol. The fraction of sp³-hybridized carbons (Fsp3) is 0.438. The fourth-order valence-electron chi connectivity index (χ4n) is 2.45. The summed E-state index contributed by atoms with van der Waals surface area (Å²) >= 11 is 5.27. The number of nitrogens with zero attached hydrogens (tertiary/aromatic N) is 2. The van der Waals surface area contributed by atoms with Crippen molar-refractivity contribution in [1.82, 2.24) is 10.7 Å². The van der Waals surface area contributed by atoms with Crippen molar-refractivity contribution in [2.75, 3.05) is 0 Å². The first-order valence-electron chi connectivity index (χ1n) is 7.30. The number of hydrogen-bond donors (Lipinski definition) is 2. The molecule has 0 radical (unpaired) electrons. The van der Waals surface area contributed by atoms with E-state index in [2.05, 4.69) is 21.9 Å². The molecule has 21 heavy (non-hydrogen) atoms. The van der Waals surface area contributed by atoms with Gasteiger partial charge in [0.1, 0.15) is 0 Å². The van der Waals surface area contributed by atoms with Crippen LogP contribution in [0.3, 0.4) is 0 Å². The van der Waals surface area contributed by atoms with Crippen molar-refractivity contribution < 1.29 is 0 Å². The summed E-state index contributed by atoms with van der Waals surface area (Å²) in [6.07, 6.45) is 6.23. The van der Waals surface area contributed by atoms with Gasteiger partial charge in [-0.2, -0.15) is 10.4 Å². The lowest BCUT2D eigenvalue weighted by atomic mass is 9.96. The van der Waals surface area contributed by atoms with E-state index in [9.17, 15) is 0 Å². The van der Waals surface area contributed by atoms with Crippen LogP contribution in [0.2, 0.25) is 0 Å². The van der Waals surface area contributed by atoms with Crippen LogP contribution in [-0.4, -0.2) is 16.9 Å². The Morgan fingerprint density at radius 1 is 1.24 bits per heavy atom. The third kappa shape index (κ3) is 4.83. The molecule has 1 aliphatic carbocycles. The Kier molecular flexibility index (Phi) is 5.70. The van der Waals surface area contributed by atoms with E-state index in [1.165, 1.54) is 32.1 Å². The molecule has 0 heterocycles. The van der Waals surface area contributed by atoms with E-state index in [1.54, 1.807) is 12.1 Å². The van der Waals surface area contributed by atoms with Crippen LogP contribution in [-0.2, 0) is 0 Å². The van der Waals surface area contributed by atoms with E-state index in [0.717, 1.165) is 11.3 Å². The first kappa shape index (κ1) is 15.5. The molecule has 110 valence electrons.